The summed E-state index contributed by atoms with van der Waals surface area (Å²) in [6.07, 6.45) is 3.69. The van der Waals surface area contributed by atoms with Crippen LogP contribution in [-0.2, 0) is 0 Å². The van der Waals surface area contributed by atoms with Crippen molar-refractivity contribution < 1.29 is 9.90 Å². The number of carboxylic acid groups (broad SMARTS) is 1. The Hall–Kier alpha value is -2.46. The van der Waals surface area contributed by atoms with Gasteiger partial charge in [0.15, 0.2) is 0 Å². The van der Waals surface area contributed by atoms with Crippen molar-refractivity contribution in [2.45, 2.75) is 0 Å². The van der Waals surface area contributed by atoms with Gasteiger partial charge >= 0.3 is 0 Å². The van der Waals surface area contributed by atoms with E-state index in [4.69, 9.17) is 0 Å². The average Bonchev–Trinajstić information content (AvgIpc) is 2.53. The number of rotatable bonds is 3. The summed E-state index contributed by atoms with van der Waals surface area (Å²) in [5, 5.41) is 11.9. The lowest BCUT2D eigenvalue weighted by Crippen LogP contribution is -2.22. The van der Waals surface area contributed by atoms with Crippen LogP contribution in [0.3, 0.4) is 0 Å². The van der Waals surface area contributed by atoms with Crippen molar-refractivity contribution in [3.05, 3.63) is 75.9 Å². The van der Waals surface area contributed by atoms with Gasteiger partial charge in [0.2, 0.25) is 0 Å². The second-order valence-corrected chi connectivity index (χ2v) is 5.70. The molecule has 0 aliphatic rings. The Kier molecular flexibility index (Phi) is 4.02. The number of carboxylic acids is 1. The molecule has 108 valence electrons. The molecule has 0 radical (unpaired) electrons. The second kappa shape index (κ2) is 6.12. The lowest BCUT2D eigenvalue weighted by molar-refractivity contribution is -0.254. The van der Waals surface area contributed by atoms with Crippen molar-refractivity contribution in [2.24, 2.45) is 0 Å². The zero-order chi connectivity index (χ0) is 15.5. The Morgan fingerprint density at radius 1 is 1.05 bits per heavy atom. The third-order valence-corrected chi connectivity index (χ3v) is 3.80. The monoisotopic (exact) mass is 352 g/mol. The topological polar surface area (TPSA) is 53.0 Å². The summed E-state index contributed by atoms with van der Waals surface area (Å²) in [6, 6.07) is 16.5. The van der Waals surface area contributed by atoms with Crippen molar-refractivity contribution in [3.8, 4) is 0 Å². The fourth-order valence-corrected chi connectivity index (χ4v) is 2.47. The summed E-state index contributed by atoms with van der Waals surface area (Å²) in [5.41, 5.74) is 2.38. The van der Waals surface area contributed by atoms with Crippen LogP contribution < -0.4 is 5.11 Å². The number of pyridine rings is 1. The standard InChI is InChI=1S/C18H12BrNO2/c19-13-8-5-12(6-9-13)7-10-14-11-16(18(21)22)15-3-1-2-4-17(15)20-14/h1-11H,(H,21,22)/p-1/b10-7+. The zero-order valence-electron chi connectivity index (χ0n) is 11.5. The number of nitrogens with zero attached hydrogens (tertiary/aromatic N) is 1. The summed E-state index contributed by atoms with van der Waals surface area (Å²) in [4.78, 5) is 15.8. The van der Waals surface area contributed by atoms with Gasteiger partial charge in [0, 0.05) is 15.4 Å². The van der Waals surface area contributed by atoms with Gasteiger partial charge in [-0.2, -0.15) is 0 Å². The molecule has 4 heteroatoms. The van der Waals surface area contributed by atoms with Gasteiger partial charge in [0.1, 0.15) is 0 Å². The predicted molar refractivity (Wildman–Crippen MR) is 89.1 cm³/mol. The highest BCUT2D eigenvalue weighted by Crippen LogP contribution is 2.19. The summed E-state index contributed by atoms with van der Waals surface area (Å²) in [7, 11) is 0. The molecule has 0 saturated carbocycles. The number of aromatic carboxylic acids is 1. The number of para-hydroxylation sites is 1. The highest BCUT2D eigenvalue weighted by Gasteiger charge is 2.04. The van der Waals surface area contributed by atoms with Crippen molar-refractivity contribution in [1.29, 1.82) is 0 Å². The van der Waals surface area contributed by atoms with E-state index in [9.17, 15) is 9.90 Å². The quantitative estimate of drug-likeness (QED) is 0.724. The molecule has 3 nitrogen and oxygen atoms in total. The molecule has 2 aromatic carbocycles. The number of hydrogen-bond acceptors (Lipinski definition) is 3. The first-order valence-electron chi connectivity index (χ1n) is 6.68. The molecule has 22 heavy (non-hydrogen) atoms. The highest BCUT2D eigenvalue weighted by molar-refractivity contribution is 9.10. The minimum Gasteiger partial charge on any atom is -0.545 e. The van der Waals surface area contributed by atoms with Crippen molar-refractivity contribution in [1.82, 2.24) is 4.98 Å². The molecule has 3 rings (SSSR count). The first kappa shape index (κ1) is 14.5. The van der Waals surface area contributed by atoms with E-state index in [1.54, 1.807) is 24.3 Å². The molecule has 0 aliphatic carbocycles. The SMILES string of the molecule is O=C([O-])c1cc(/C=C/c2ccc(Br)cc2)nc2ccccc12. The van der Waals surface area contributed by atoms with E-state index < -0.39 is 5.97 Å². The first-order valence-corrected chi connectivity index (χ1v) is 7.47. The van der Waals surface area contributed by atoms with Crippen LogP contribution >= 0.6 is 15.9 Å². The van der Waals surface area contributed by atoms with E-state index in [1.165, 1.54) is 6.07 Å². The molecule has 0 saturated heterocycles. The molecule has 1 aromatic heterocycles. The molecule has 0 unspecified atom stereocenters. The van der Waals surface area contributed by atoms with E-state index in [1.807, 2.05) is 36.4 Å². The smallest absolute Gasteiger partial charge is 0.0722 e. The minimum atomic E-state index is -1.20. The van der Waals surface area contributed by atoms with Gasteiger partial charge in [-0.15, -0.1) is 0 Å². The van der Waals surface area contributed by atoms with E-state index in [-0.39, 0.29) is 5.56 Å². The fourth-order valence-electron chi connectivity index (χ4n) is 2.21. The third-order valence-electron chi connectivity index (χ3n) is 3.27. The second-order valence-electron chi connectivity index (χ2n) is 4.78. The molecule has 0 atom stereocenters. The molecule has 0 spiro atoms. The van der Waals surface area contributed by atoms with Gasteiger partial charge in [-0.3, -0.25) is 0 Å². The molecule has 0 aliphatic heterocycles. The Morgan fingerprint density at radius 3 is 2.50 bits per heavy atom. The Labute approximate surface area is 136 Å². The van der Waals surface area contributed by atoms with Gasteiger partial charge < -0.3 is 9.90 Å². The molecule has 0 amide bonds. The van der Waals surface area contributed by atoms with Crippen LogP contribution in [0.5, 0.6) is 0 Å². The van der Waals surface area contributed by atoms with Gasteiger partial charge in [-0.1, -0.05) is 52.3 Å². The van der Waals surface area contributed by atoms with Crippen LogP contribution in [0.4, 0.5) is 0 Å². The fraction of sp³-hybridized carbons (Fsp3) is 0. The first-order chi connectivity index (χ1) is 10.6. The minimum absolute atomic E-state index is 0.154. The van der Waals surface area contributed by atoms with Crippen LogP contribution in [-0.4, -0.2) is 11.0 Å². The number of benzene rings is 2. The lowest BCUT2D eigenvalue weighted by Gasteiger charge is -2.08. The molecule has 0 fully saturated rings. The van der Waals surface area contributed by atoms with Gasteiger partial charge in [-0.05, 0) is 35.9 Å². The number of carbonyl (C=O) groups is 1. The summed E-state index contributed by atoms with van der Waals surface area (Å²) in [6.45, 7) is 0. The summed E-state index contributed by atoms with van der Waals surface area (Å²) >= 11 is 3.39. The van der Waals surface area contributed by atoms with Crippen LogP contribution in [0.2, 0.25) is 0 Å². The Balaban J connectivity index is 2.04. The molecule has 0 bridgehead atoms. The maximum atomic E-state index is 11.3. The predicted octanol–water partition coefficient (Wildman–Crippen LogP) is 3.53. The Bertz CT molecular complexity index is 870. The largest absolute Gasteiger partial charge is 0.545 e. The average molecular weight is 353 g/mol. The lowest BCUT2D eigenvalue weighted by atomic mass is 10.1. The number of aromatic nitrogens is 1. The normalized spacial score (nSPS) is 11.1. The molecule has 3 aromatic rings. The Morgan fingerprint density at radius 2 is 1.77 bits per heavy atom. The van der Waals surface area contributed by atoms with Crippen LogP contribution in [0.25, 0.3) is 23.1 Å². The highest BCUT2D eigenvalue weighted by atomic mass is 79.9. The van der Waals surface area contributed by atoms with Gasteiger partial charge in [0.25, 0.3) is 0 Å². The van der Waals surface area contributed by atoms with Gasteiger partial charge in [-0.25, -0.2) is 4.98 Å². The van der Waals surface area contributed by atoms with E-state index >= 15 is 0 Å². The number of fused-ring (bicyclic) bond motifs is 1. The zero-order valence-corrected chi connectivity index (χ0v) is 13.1. The van der Waals surface area contributed by atoms with Crippen molar-refractivity contribution >= 4 is 45.0 Å². The van der Waals surface area contributed by atoms with E-state index in [2.05, 4.69) is 20.9 Å². The van der Waals surface area contributed by atoms with Gasteiger partial charge in [0.05, 0.1) is 17.2 Å². The maximum Gasteiger partial charge on any atom is 0.0722 e. The maximum absolute atomic E-state index is 11.3. The van der Waals surface area contributed by atoms with Crippen LogP contribution in [0.1, 0.15) is 21.6 Å². The summed E-state index contributed by atoms with van der Waals surface area (Å²) < 4.78 is 1.01. The van der Waals surface area contributed by atoms with Crippen molar-refractivity contribution in [2.75, 3.05) is 0 Å². The number of halogens is 1. The third kappa shape index (κ3) is 3.07. The molecule has 0 N–H and O–H groups in total. The molecule has 1 heterocycles. The van der Waals surface area contributed by atoms with E-state index in [0.717, 1.165) is 10.0 Å². The summed E-state index contributed by atoms with van der Waals surface area (Å²) in [5.74, 6) is -1.20. The number of hydrogen-bond donors (Lipinski definition) is 0. The molecular formula is C18H11BrNO2-. The van der Waals surface area contributed by atoms with Crippen molar-refractivity contribution in [3.63, 3.8) is 0 Å². The number of carbonyl (C=O) groups excluding carboxylic acids is 1. The van der Waals surface area contributed by atoms with Crippen LogP contribution in [0.15, 0.2) is 59.1 Å². The van der Waals surface area contributed by atoms with Crippen LogP contribution in [0, 0.1) is 0 Å². The molecular weight excluding hydrogens is 342 g/mol. The van der Waals surface area contributed by atoms with E-state index in [0.29, 0.717) is 16.6 Å².